The second-order valence-electron chi connectivity index (χ2n) is 18.7. The van der Waals surface area contributed by atoms with Crippen molar-refractivity contribution in [2.75, 3.05) is 27.9 Å². The molecular formula is C54H66N4O3. The van der Waals surface area contributed by atoms with Gasteiger partial charge < -0.3 is 31.1 Å². The van der Waals surface area contributed by atoms with Crippen molar-refractivity contribution in [3.63, 3.8) is 0 Å². The molecule has 0 atom stereocenters. The third-order valence-electron chi connectivity index (χ3n) is 10.2. The molecule has 0 aliphatic carbocycles. The van der Waals surface area contributed by atoms with E-state index in [-0.39, 0.29) is 27.6 Å². The lowest BCUT2D eigenvalue weighted by atomic mass is 9.79. The van der Waals surface area contributed by atoms with Crippen molar-refractivity contribution in [3.05, 3.63) is 173 Å². The van der Waals surface area contributed by atoms with Crippen LogP contribution in [-0.4, -0.2) is 17.7 Å². The summed E-state index contributed by atoms with van der Waals surface area (Å²) in [5.74, 6) is -0.494. The maximum atomic E-state index is 12.5. The van der Waals surface area contributed by atoms with Crippen molar-refractivity contribution in [1.29, 1.82) is 0 Å². The van der Waals surface area contributed by atoms with Crippen LogP contribution >= 0.6 is 0 Å². The van der Waals surface area contributed by atoms with Crippen molar-refractivity contribution in [2.45, 2.75) is 105 Å². The molecule has 0 saturated carbocycles. The number of phenolic OH excluding ortho intramolecular Hbond substituents is 1. The van der Waals surface area contributed by atoms with Crippen molar-refractivity contribution in [2.24, 2.45) is 0 Å². The molecule has 0 heterocycles. The van der Waals surface area contributed by atoms with Crippen molar-refractivity contribution >= 4 is 40.1 Å². The normalized spacial score (nSPS) is 11.5. The van der Waals surface area contributed by atoms with Crippen LogP contribution in [0.3, 0.4) is 0 Å². The largest absolute Gasteiger partial charge is 0.507 e. The molecule has 6 aromatic rings. The Morgan fingerprint density at radius 3 is 1.30 bits per heavy atom. The molecule has 7 heteroatoms. The van der Waals surface area contributed by atoms with Gasteiger partial charge >= 0.3 is 5.97 Å². The molecule has 0 radical (unpaired) electrons. The van der Waals surface area contributed by atoms with E-state index in [0.717, 1.165) is 58.2 Å². The molecule has 0 amide bonds. The molecule has 61 heavy (non-hydrogen) atoms. The first-order valence-electron chi connectivity index (χ1n) is 21.4. The minimum atomic E-state index is -0.493. The molecule has 0 aromatic heterocycles. The number of benzene rings is 6. The summed E-state index contributed by atoms with van der Waals surface area (Å²) in [7, 11) is 0. The van der Waals surface area contributed by atoms with Crippen LogP contribution in [0.25, 0.3) is 0 Å². The third-order valence-corrected chi connectivity index (χ3v) is 10.2. The van der Waals surface area contributed by atoms with E-state index in [2.05, 4.69) is 117 Å². The lowest BCUT2D eigenvalue weighted by Gasteiger charge is -2.26. The lowest BCUT2D eigenvalue weighted by Crippen LogP contribution is -2.17. The Kier molecular flexibility index (Phi) is 15.3. The van der Waals surface area contributed by atoms with Gasteiger partial charge in [0, 0.05) is 52.8 Å². The van der Waals surface area contributed by atoms with E-state index in [1.54, 1.807) is 6.07 Å². The Hall–Kier alpha value is -6.21. The van der Waals surface area contributed by atoms with Gasteiger partial charge in [0.25, 0.3) is 0 Å². The average molecular weight is 819 g/mol. The van der Waals surface area contributed by atoms with E-state index >= 15 is 0 Å². The Labute approximate surface area is 365 Å². The summed E-state index contributed by atoms with van der Waals surface area (Å²) in [6, 6.07) is 47.5. The van der Waals surface area contributed by atoms with Crippen molar-refractivity contribution < 1.29 is 14.6 Å². The van der Waals surface area contributed by atoms with Crippen LogP contribution < -0.4 is 21.3 Å². The van der Waals surface area contributed by atoms with E-state index in [4.69, 9.17) is 4.74 Å². The number of carbonyl (C=O) groups is 1. The summed E-state index contributed by atoms with van der Waals surface area (Å²) in [5.41, 5.74) is 12.2. The van der Waals surface area contributed by atoms with Crippen LogP contribution in [0.5, 0.6) is 5.75 Å². The maximum absolute atomic E-state index is 12.5. The quantitative estimate of drug-likeness (QED) is 0.0741. The zero-order chi connectivity index (χ0) is 44.2. The predicted molar refractivity (Wildman–Crippen MR) is 258 cm³/mol. The highest BCUT2D eigenvalue weighted by atomic mass is 16.5. The Bertz CT molecular complexity index is 2270. The number of rotatable bonds is 13. The van der Waals surface area contributed by atoms with Crippen molar-refractivity contribution in [1.82, 2.24) is 0 Å². The van der Waals surface area contributed by atoms with E-state index < -0.39 is 5.97 Å². The van der Waals surface area contributed by atoms with Crippen LogP contribution in [0.15, 0.2) is 140 Å². The zero-order valence-corrected chi connectivity index (χ0v) is 37.9. The van der Waals surface area contributed by atoms with E-state index in [0.29, 0.717) is 13.2 Å². The van der Waals surface area contributed by atoms with E-state index in [9.17, 15) is 9.90 Å². The van der Waals surface area contributed by atoms with Crippen LogP contribution in [0.1, 0.15) is 114 Å². The highest BCUT2D eigenvalue weighted by Crippen LogP contribution is 2.36. The molecule has 0 unspecified atom stereocenters. The molecule has 7 nitrogen and oxygen atoms in total. The SMILES string of the molecule is CC(C)(C)c1cc(CNc2ccc(Nc3ccccc3)cc2)cc(C(C)(C)C)c1.CCCOC(=O)c1cc(CNc2ccc(Nc3ccccc3)cc2)cc(C(C)(C)C)c1O. The minimum Gasteiger partial charge on any atom is -0.507 e. The fourth-order valence-corrected chi connectivity index (χ4v) is 6.58. The van der Waals surface area contributed by atoms with Crippen LogP contribution in [0, 0.1) is 0 Å². The second-order valence-corrected chi connectivity index (χ2v) is 18.7. The third kappa shape index (κ3) is 13.9. The fourth-order valence-electron chi connectivity index (χ4n) is 6.58. The lowest BCUT2D eigenvalue weighted by molar-refractivity contribution is 0.0501. The van der Waals surface area contributed by atoms with Gasteiger partial charge in [-0.25, -0.2) is 4.79 Å². The number of hydrogen-bond donors (Lipinski definition) is 5. The number of para-hydroxylation sites is 2. The van der Waals surface area contributed by atoms with Crippen molar-refractivity contribution in [3.8, 4) is 5.75 Å². The molecular weight excluding hydrogens is 753 g/mol. The van der Waals surface area contributed by atoms with Gasteiger partial charge in [-0.05, 0) is 130 Å². The van der Waals surface area contributed by atoms with Gasteiger partial charge in [-0.3, -0.25) is 0 Å². The molecule has 0 bridgehead atoms. The first kappa shape index (κ1) is 45.9. The van der Waals surface area contributed by atoms with Crippen LogP contribution in [0.4, 0.5) is 34.1 Å². The number of nitrogens with one attached hydrogen (secondary N) is 4. The number of esters is 1. The van der Waals surface area contributed by atoms with Gasteiger partial charge in [0.05, 0.1) is 6.61 Å². The Morgan fingerprint density at radius 2 is 0.902 bits per heavy atom. The van der Waals surface area contributed by atoms with E-state index in [1.807, 2.05) is 107 Å². The van der Waals surface area contributed by atoms with Gasteiger partial charge in [-0.15, -0.1) is 0 Å². The molecule has 0 saturated heterocycles. The summed E-state index contributed by atoms with van der Waals surface area (Å²) < 4.78 is 5.28. The summed E-state index contributed by atoms with van der Waals surface area (Å²) >= 11 is 0. The van der Waals surface area contributed by atoms with Gasteiger partial charge in [0.15, 0.2) is 0 Å². The molecule has 320 valence electrons. The van der Waals surface area contributed by atoms with Gasteiger partial charge in [-0.1, -0.05) is 124 Å². The molecule has 6 rings (SSSR count). The maximum Gasteiger partial charge on any atom is 0.341 e. The Balaban J connectivity index is 0.000000232. The van der Waals surface area contributed by atoms with Crippen LogP contribution in [-0.2, 0) is 34.1 Å². The summed E-state index contributed by atoms with van der Waals surface area (Å²) in [4.78, 5) is 12.5. The van der Waals surface area contributed by atoms with Crippen LogP contribution in [0.2, 0.25) is 0 Å². The first-order chi connectivity index (χ1) is 28.9. The van der Waals surface area contributed by atoms with Gasteiger partial charge in [0.2, 0.25) is 0 Å². The highest BCUT2D eigenvalue weighted by molar-refractivity contribution is 5.93. The second kappa shape index (κ2) is 20.4. The monoisotopic (exact) mass is 819 g/mol. The van der Waals surface area contributed by atoms with Gasteiger partial charge in [0.1, 0.15) is 11.3 Å². The molecule has 6 aromatic carbocycles. The molecule has 0 aliphatic heterocycles. The predicted octanol–water partition coefficient (Wildman–Crippen LogP) is 14.2. The molecule has 5 N–H and O–H groups in total. The summed E-state index contributed by atoms with van der Waals surface area (Å²) in [5, 5.41) is 24.5. The summed E-state index contributed by atoms with van der Waals surface area (Å²) in [6.45, 7) is 23.3. The number of hydrogen-bond acceptors (Lipinski definition) is 7. The fraction of sp³-hybridized carbons (Fsp3) is 0.315. The highest BCUT2D eigenvalue weighted by Gasteiger charge is 2.25. The molecule has 0 aliphatic rings. The molecule has 0 spiro atoms. The topological polar surface area (TPSA) is 94.7 Å². The number of ether oxygens (including phenoxy) is 1. The standard InChI is InChI=1S/C27H32N2O3.C27H34N2/c1-5-15-32-26(31)23-16-19(17-24(25(23)30)27(2,3)4)18-28-20-11-13-22(14-12-20)29-21-9-7-6-8-10-21;1-26(2,3)21-16-20(17-22(18-21)27(4,5)6)19-28-23-12-14-25(15-13-23)29-24-10-8-7-9-11-24/h6-14,16-17,28-30H,5,15,18H2,1-4H3;7-18,28-29H,19H2,1-6H3. The number of carbonyl (C=O) groups excluding carboxylic acids is 1. The average Bonchev–Trinajstić information content (AvgIpc) is 3.22. The zero-order valence-electron chi connectivity index (χ0n) is 37.9. The van der Waals surface area contributed by atoms with E-state index in [1.165, 1.54) is 16.7 Å². The number of phenols is 1. The minimum absolute atomic E-state index is 0.00121. The number of anilines is 6. The number of aromatic hydroxyl groups is 1. The smallest absolute Gasteiger partial charge is 0.341 e. The summed E-state index contributed by atoms with van der Waals surface area (Å²) in [6.07, 6.45) is 0.731. The Morgan fingerprint density at radius 1 is 0.508 bits per heavy atom. The molecule has 0 fully saturated rings. The first-order valence-corrected chi connectivity index (χ1v) is 21.4. The van der Waals surface area contributed by atoms with Gasteiger partial charge in [-0.2, -0.15) is 0 Å².